The Balaban J connectivity index is 2.40. The second-order valence-electron chi connectivity index (χ2n) is 7.48. The normalized spacial score (nSPS) is 40.6. The van der Waals surface area contributed by atoms with Gasteiger partial charge in [-0.3, -0.25) is 14.1 Å². The first kappa shape index (κ1) is 26.9. The molecule has 0 aromatic heterocycles. The number of ether oxygens (including phenoxy) is 3. The third-order valence-corrected chi connectivity index (χ3v) is 5.36. The van der Waals surface area contributed by atoms with Crippen molar-refractivity contribution in [2.75, 3.05) is 6.61 Å². The number of hydrogen-bond donors (Lipinski definition) is 7. The van der Waals surface area contributed by atoms with E-state index in [2.05, 4.69) is 9.50 Å². The Morgan fingerprint density at radius 3 is 2.09 bits per heavy atom. The highest BCUT2D eigenvalue weighted by Gasteiger charge is 2.53. The van der Waals surface area contributed by atoms with Crippen LogP contribution in [0.4, 0.5) is 0 Å². The van der Waals surface area contributed by atoms with Gasteiger partial charge < -0.3 is 45.1 Å². The quantitative estimate of drug-likeness (QED) is 0.159. The number of amides is 1. The molecule has 2 saturated heterocycles. The smallest absolute Gasteiger partial charge is 0.394 e. The van der Waals surface area contributed by atoms with Crippen LogP contribution in [0.2, 0.25) is 0 Å². The standard InChI is InChI=1S/C16H27NO14S/c1-5(19)3-7-10(21)11(22)12(23)16(29-7)30-14-9(17-6(2)20)15(24)28-8(4-18)13(14)31-32(25,26)27/h7-16,18,21-24H,3-4H2,1-2H3,(H,17,20)(H,25,26,27)/t7-,8+,9-,10-,11+,12+,13-,14+,15+,16+/m0/s1. The van der Waals surface area contributed by atoms with Crippen LogP contribution >= 0.6 is 0 Å². The number of hydrogen-bond acceptors (Lipinski definition) is 13. The highest BCUT2D eigenvalue weighted by molar-refractivity contribution is 7.80. The lowest BCUT2D eigenvalue weighted by Gasteiger charge is -2.47. The summed E-state index contributed by atoms with van der Waals surface area (Å²) in [6.07, 6.45) is -16.1. The minimum absolute atomic E-state index is 0.374. The highest BCUT2D eigenvalue weighted by Crippen LogP contribution is 2.31. The van der Waals surface area contributed by atoms with Crippen molar-refractivity contribution in [2.24, 2.45) is 0 Å². The van der Waals surface area contributed by atoms with Crippen molar-refractivity contribution >= 4 is 22.1 Å². The molecule has 0 radical (unpaired) electrons. The number of aliphatic hydroxyl groups excluding tert-OH is 5. The van der Waals surface area contributed by atoms with Crippen LogP contribution in [0, 0.1) is 0 Å². The summed E-state index contributed by atoms with van der Waals surface area (Å²) in [5, 5.41) is 52.4. The van der Waals surface area contributed by atoms with Gasteiger partial charge in [0, 0.05) is 13.3 Å². The van der Waals surface area contributed by atoms with Gasteiger partial charge in [0.15, 0.2) is 12.6 Å². The van der Waals surface area contributed by atoms with Crippen molar-refractivity contribution in [2.45, 2.75) is 81.6 Å². The molecule has 0 aliphatic carbocycles. The first-order chi connectivity index (χ1) is 14.7. The molecule has 2 heterocycles. The van der Waals surface area contributed by atoms with Crippen LogP contribution < -0.4 is 5.32 Å². The van der Waals surface area contributed by atoms with Crippen LogP contribution in [-0.4, -0.2) is 118 Å². The van der Waals surface area contributed by atoms with Crippen LogP contribution in [0.3, 0.4) is 0 Å². The molecule has 15 nitrogen and oxygen atoms in total. The minimum atomic E-state index is -5.17. The van der Waals surface area contributed by atoms with Crippen LogP contribution in [0.1, 0.15) is 20.3 Å². The molecule has 0 aromatic carbocycles. The molecule has 32 heavy (non-hydrogen) atoms. The minimum Gasteiger partial charge on any atom is -0.394 e. The average molecular weight is 489 g/mol. The maximum atomic E-state index is 11.6. The number of carbonyl (C=O) groups excluding carboxylic acids is 2. The third kappa shape index (κ3) is 6.61. The Bertz CT molecular complexity index is 777. The first-order valence-corrected chi connectivity index (χ1v) is 10.8. The summed E-state index contributed by atoms with van der Waals surface area (Å²) in [5.74, 6) is -1.16. The van der Waals surface area contributed by atoms with Gasteiger partial charge in [-0.25, -0.2) is 4.18 Å². The Morgan fingerprint density at radius 1 is 0.969 bits per heavy atom. The van der Waals surface area contributed by atoms with Gasteiger partial charge in [-0.15, -0.1) is 0 Å². The van der Waals surface area contributed by atoms with Gasteiger partial charge in [-0.05, 0) is 6.92 Å². The fourth-order valence-electron chi connectivity index (χ4n) is 3.51. The molecule has 2 aliphatic rings. The van der Waals surface area contributed by atoms with Crippen LogP contribution in [0.25, 0.3) is 0 Å². The van der Waals surface area contributed by atoms with Gasteiger partial charge in [0.2, 0.25) is 5.91 Å². The second-order valence-corrected chi connectivity index (χ2v) is 8.53. The highest BCUT2D eigenvalue weighted by atomic mass is 32.3. The van der Waals surface area contributed by atoms with Gasteiger partial charge in [-0.2, -0.15) is 8.42 Å². The number of nitrogens with one attached hydrogen (secondary N) is 1. The van der Waals surface area contributed by atoms with Gasteiger partial charge in [-0.1, -0.05) is 0 Å². The molecule has 1 amide bonds. The Morgan fingerprint density at radius 2 is 1.59 bits per heavy atom. The lowest BCUT2D eigenvalue weighted by molar-refractivity contribution is -0.336. The number of aliphatic hydroxyl groups is 5. The van der Waals surface area contributed by atoms with Gasteiger partial charge >= 0.3 is 10.4 Å². The zero-order chi connectivity index (χ0) is 24.4. The van der Waals surface area contributed by atoms with Crippen LogP contribution in [0.15, 0.2) is 0 Å². The molecule has 0 spiro atoms. The molecule has 2 fully saturated rings. The molecule has 2 rings (SSSR count). The number of ketones is 1. The summed E-state index contributed by atoms with van der Waals surface area (Å²) in [7, 11) is -5.17. The molecule has 2 aliphatic heterocycles. The Labute approximate surface area is 182 Å². The van der Waals surface area contributed by atoms with Crippen LogP contribution in [-0.2, 0) is 38.4 Å². The molecular formula is C16H27NO14S. The summed E-state index contributed by atoms with van der Waals surface area (Å²) in [6.45, 7) is 1.31. The van der Waals surface area contributed by atoms with E-state index in [0.29, 0.717) is 0 Å². The van der Waals surface area contributed by atoms with Crippen molar-refractivity contribution < 1.29 is 66.5 Å². The fraction of sp³-hybridized carbons (Fsp3) is 0.875. The average Bonchev–Trinajstić information content (AvgIpc) is 2.66. The summed E-state index contributed by atoms with van der Waals surface area (Å²) in [5.41, 5.74) is 0. The van der Waals surface area contributed by atoms with Crippen molar-refractivity contribution in [1.29, 1.82) is 0 Å². The van der Waals surface area contributed by atoms with E-state index in [4.69, 9.17) is 18.8 Å². The molecule has 7 N–H and O–H groups in total. The van der Waals surface area contributed by atoms with Crippen molar-refractivity contribution in [3.8, 4) is 0 Å². The van der Waals surface area contributed by atoms with Gasteiger partial charge in [0.1, 0.15) is 48.4 Å². The number of carbonyl (C=O) groups is 2. The summed E-state index contributed by atoms with van der Waals surface area (Å²) in [6, 6.07) is -1.56. The van der Waals surface area contributed by atoms with Crippen molar-refractivity contribution in [1.82, 2.24) is 5.32 Å². The third-order valence-electron chi connectivity index (χ3n) is 4.90. The first-order valence-electron chi connectivity index (χ1n) is 9.47. The van der Waals surface area contributed by atoms with Crippen molar-refractivity contribution in [3.63, 3.8) is 0 Å². The molecule has 10 atom stereocenters. The lowest BCUT2D eigenvalue weighted by Crippen LogP contribution is -2.68. The summed E-state index contributed by atoms with van der Waals surface area (Å²) in [4.78, 5) is 23.0. The summed E-state index contributed by atoms with van der Waals surface area (Å²) >= 11 is 0. The maximum absolute atomic E-state index is 11.6. The van der Waals surface area contributed by atoms with E-state index in [-0.39, 0.29) is 6.42 Å². The Kier molecular flexibility index (Phi) is 9.05. The molecule has 16 heteroatoms. The lowest BCUT2D eigenvalue weighted by atomic mass is 9.94. The molecule has 0 aromatic rings. The topological polar surface area (TPSA) is 239 Å². The maximum Gasteiger partial charge on any atom is 0.397 e. The molecule has 0 saturated carbocycles. The predicted molar refractivity (Wildman–Crippen MR) is 98.8 cm³/mol. The van der Waals surface area contributed by atoms with Crippen molar-refractivity contribution in [3.05, 3.63) is 0 Å². The number of rotatable bonds is 8. The monoisotopic (exact) mass is 489 g/mol. The van der Waals surface area contributed by atoms with E-state index in [0.717, 1.165) is 6.92 Å². The molecule has 0 unspecified atom stereocenters. The van der Waals surface area contributed by atoms with Gasteiger partial charge in [0.05, 0.1) is 12.7 Å². The largest absolute Gasteiger partial charge is 0.397 e. The van der Waals surface area contributed by atoms with E-state index in [1.165, 1.54) is 6.92 Å². The molecular weight excluding hydrogens is 462 g/mol. The Hall–Kier alpha value is -1.31. The van der Waals surface area contributed by atoms with Gasteiger partial charge in [0.25, 0.3) is 0 Å². The molecule has 186 valence electrons. The van der Waals surface area contributed by atoms with Crippen LogP contribution in [0.5, 0.6) is 0 Å². The van der Waals surface area contributed by atoms with E-state index in [9.17, 15) is 43.5 Å². The fourth-order valence-corrected chi connectivity index (χ4v) is 4.02. The van der Waals surface area contributed by atoms with E-state index in [1.807, 2.05) is 0 Å². The SMILES string of the molecule is CC(=O)C[C@@H]1O[C@H](O[C@@H]2[C@H](NC(C)=O)[C@H](O)O[C@H](CO)[C@@H]2OS(=O)(=O)O)[C@H](O)[C@H](O)[C@H]1O. The zero-order valence-corrected chi connectivity index (χ0v) is 17.9. The zero-order valence-electron chi connectivity index (χ0n) is 17.0. The summed E-state index contributed by atoms with van der Waals surface area (Å²) < 4.78 is 52.3. The second kappa shape index (κ2) is 10.7. The number of Topliss-reactive ketones (excluding diaryl/α,β-unsaturated/α-hetero) is 1. The van der Waals surface area contributed by atoms with E-state index in [1.54, 1.807) is 0 Å². The molecule has 0 bridgehead atoms. The van der Waals surface area contributed by atoms with E-state index >= 15 is 0 Å². The van der Waals surface area contributed by atoms with E-state index < -0.39 is 90.0 Å². The predicted octanol–water partition coefficient (Wildman–Crippen LogP) is -4.44.